The number of amides is 1. The Labute approximate surface area is 180 Å². The van der Waals surface area contributed by atoms with Crippen LogP contribution in [0.1, 0.15) is 84.0 Å². The van der Waals surface area contributed by atoms with Crippen LogP contribution in [0.25, 0.3) is 0 Å². The van der Waals surface area contributed by atoms with Crippen LogP contribution in [-0.2, 0) is 19.7 Å². The Bertz CT molecular complexity index is 748. The van der Waals surface area contributed by atoms with Gasteiger partial charge in [-0.25, -0.2) is 0 Å². The minimum Gasteiger partial charge on any atom is -0.425 e. The number of ether oxygens (including phenoxy) is 1. The van der Waals surface area contributed by atoms with Crippen LogP contribution < -0.4 is 10.1 Å². The SMILES string of the molecule is CCCCCCCCCC(=O)NCCCCCC(=O)Oc1ccccc1S(=O)(=O)O. The van der Waals surface area contributed by atoms with Gasteiger partial charge in [0.05, 0.1) is 0 Å². The molecule has 30 heavy (non-hydrogen) atoms. The summed E-state index contributed by atoms with van der Waals surface area (Å²) in [5.74, 6) is -0.665. The normalized spacial score (nSPS) is 11.3. The molecular weight excluding hydrogens is 406 g/mol. The zero-order chi connectivity index (χ0) is 22.2. The smallest absolute Gasteiger partial charge is 0.311 e. The van der Waals surface area contributed by atoms with Crippen molar-refractivity contribution in [1.82, 2.24) is 5.32 Å². The first-order chi connectivity index (χ1) is 14.3. The van der Waals surface area contributed by atoms with Crippen molar-refractivity contribution in [2.24, 2.45) is 0 Å². The van der Waals surface area contributed by atoms with Crippen LogP contribution in [0.3, 0.4) is 0 Å². The number of hydrogen-bond donors (Lipinski definition) is 2. The molecule has 0 fully saturated rings. The van der Waals surface area contributed by atoms with Gasteiger partial charge in [0.25, 0.3) is 10.1 Å². The molecule has 0 saturated heterocycles. The Morgan fingerprint density at radius 3 is 2.20 bits per heavy atom. The summed E-state index contributed by atoms with van der Waals surface area (Å²) in [7, 11) is -4.45. The number of esters is 1. The average Bonchev–Trinajstić information content (AvgIpc) is 2.69. The molecule has 170 valence electrons. The quantitative estimate of drug-likeness (QED) is 0.167. The molecule has 1 amide bonds. The van der Waals surface area contributed by atoms with Crippen molar-refractivity contribution < 1.29 is 27.3 Å². The Kier molecular flexibility index (Phi) is 13.0. The molecule has 0 saturated carbocycles. The zero-order valence-corrected chi connectivity index (χ0v) is 18.7. The Balaban J connectivity index is 2.09. The summed E-state index contributed by atoms with van der Waals surface area (Å²) in [5, 5.41) is 2.90. The predicted molar refractivity (Wildman–Crippen MR) is 116 cm³/mol. The largest absolute Gasteiger partial charge is 0.425 e. The van der Waals surface area contributed by atoms with Crippen molar-refractivity contribution in [3.63, 3.8) is 0 Å². The highest BCUT2D eigenvalue weighted by Gasteiger charge is 2.18. The van der Waals surface area contributed by atoms with Crippen LogP contribution in [0, 0.1) is 0 Å². The summed E-state index contributed by atoms with van der Waals surface area (Å²) in [5.41, 5.74) is 0. The molecule has 8 heteroatoms. The van der Waals surface area contributed by atoms with E-state index in [0.717, 1.165) is 25.7 Å². The number of rotatable bonds is 16. The number of para-hydroxylation sites is 1. The van der Waals surface area contributed by atoms with E-state index in [1.54, 1.807) is 0 Å². The van der Waals surface area contributed by atoms with Gasteiger partial charge in [-0.05, 0) is 31.4 Å². The molecule has 0 unspecified atom stereocenters. The molecule has 1 aromatic rings. The van der Waals surface area contributed by atoms with Crippen molar-refractivity contribution in [1.29, 1.82) is 0 Å². The Morgan fingerprint density at radius 1 is 0.900 bits per heavy atom. The molecule has 1 aromatic carbocycles. The van der Waals surface area contributed by atoms with E-state index < -0.39 is 21.0 Å². The van der Waals surface area contributed by atoms with Gasteiger partial charge in [-0.2, -0.15) is 8.42 Å². The third-order valence-electron chi connectivity index (χ3n) is 4.74. The fourth-order valence-corrected chi connectivity index (χ4v) is 3.67. The van der Waals surface area contributed by atoms with Crippen molar-refractivity contribution >= 4 is 22.0 Å². The van der Waals surface area contributed by atoms with Gasteiger partial charge < -0.3 is 10.1 Å². The van der Waals surface area contributed by atoms with E-state index in [2.05, 4.69) is 12.2 Å². The van der Waals surface area contributed by atoms with Gasteiger partial charge in [0, 0.05) is 19.4 Å². The van der Waals surface area contributed by atoms with Crippen LogP contribution in [0.2, 0.25) is 0 Å². The maximum atomic E-state index is 11.9. The lowest BCUT2D eigenvalue weighted by molar-refractivity contribution is -0.134. The Morgan fingerprint density at radius 2 is 1.50 bits per heavy atom. The molecule has 0 atom stereocenters. The zero-order valence-electron chi connectivity index (χ0n) is 17.9. The van der Waals surface area contributed by atoms with Crippen molar-refractivity contribution in [3.8, 4) is 5.75 Å². The standard InChI is InChI=1S/C22H35NO6S/c1-2-3-4-5-6-7-9-16-21(24)23-18-13-8-10-17-22(25)29-19-14-11-12-15-20(19)30(26,27)28/h11-12,14-15H,2-10,13,16-18H2,1H3,(H,23,24)(H,26,27,28). The van der Waals surface area contributed by atoms with E-state index in [1.165, 1.54) is 56.4 Å². The summed E-state index contributed by atoms with van der Waals surface area (Å²) < 4.78 is 36.8. The lowest BCUT2D eigenvalue weighted by Crippen LogP contribution is -2.24. The van der Waals surface area contributed by atoms with E-state index in [9.17, 15) is 18.0 Å². The number of hydrogen-bond acceptors (Lipinski definition) is 5. The third kappa shape index (κ3) is 11.9. The van der Waals surface area contributed by atoms with Crippen LogP contribution in [-0.4, -0.2) is 31.4 Å². The number of carbonyl (C=O) groups is 2. The predicted octanol–water partition coefficient (Wildman–Crippen LogP) is 4.66. The van der Waals surface area contributed by atoms with E-state index in [0.29, 0.717) is 19.4 Å². The van der Waals surface area contributed by atoms with Gasteiger partial charge in [-0.1, -0.05) is 64.0 Å². The fraction of sp³-hybridized carbons (Fsp3) is 0.636. The Hall–Kier alpha value is -1.93. The molecule has 7 nitrogen and oxygen atoms in total. The second-order valence-corrected chi connectivity index (χ2v) is 8.82. The van der Waals surface area contributed by atoms with Crippen LogP contribution >= 0.6 is 0 Å². The van der Waals surface area contributed by atoms with Crippen LogP contribution in [0.4, 0.5) is 0 Å². The summed E-state index contributed by atoms with van der Waals surface area (Å²) >= 11 is 0. The van der Waals surface area contributed by atoms with Crippen LogP contribution in [0.5, 0.6) is 5.75 Å². The van der Waals surface area contributed by atoms with Crippen molar-refractivity contribution in [2.75, 3.05) is 6.54 Å². The molecule has 0 aromatic heterocycles. The lowest BCUT2D eigenvalue weighted by atomic mass is 10.1. The average molecular weight is 442 g/mol. The maximum Gasteiger partial charge on any atom is 0.311 e. The molecule has 1 rings (SSSR count). The van der Waals surface area contributed by atoms with Gasteiger partial charge in [0.1, 0.15) is 4.90 Å². The molecule has 0 radical (unpaired) electrons. The summed E-state index contributed by atoms with van der Waals surface area (Å²) in [6.45, 7) is 2.78. The number of unbranched alkanes of at least 4 members (excludes halogenated alkanes) is 8. The molecule has 0 heterocycles. The van der Waals surface area contributed by atoms with Crippen molar-refractivity contribution in [2.45, 2.75) is 88.9 Å². The second-order valence-electron chi connectivity index (χ2n) is 7.43. The first kappa shape index (κ1) is 26.1. The molecule has 0 spiro atoms. The highest BCUT2D eigenvalue weighted by molar-refractivity contribution is 7.86. The first-order valence-electron chi connectivity index (χ1n) is 10.9. The second kappa shape index (κ2) is 15.0. The van der Waals surface area contributed by atoms with Gasteiger partial charge in [0.15, 0.2) is 5.75 Å². The van der Waals surface area contributed by atoms with E-state index in [-0.39, 0.29) is 18.1 Å². The van der Waals surface area contributed by atoms with Crippen molar-refractivity contribution in [3.05, 3.63) is 24.3 Å². The highest BCUT2D eigenvalue weighted by atomic mass is 32.2. The highest BCUT2D eigenvalue weighted by Crippen LogP contribution is 2.23. The first-order valence-corrected chi connectivity index (χ1v) is 12.3. The molecule has 0 aliphatic carbocycles. The number of nitrogens with one attached hydrogen (secondary N) is 1. The fourth-order valence-electron chi connectivity index (χ4n) is 3.05. The minimum atomic E-state index is -4.45. The summed E-state index contributed by atoms with van der Waals surface area (Å²) in [6, 6.07) is 5.45. The monoisotopic (exact) mass is 441 g/mol. The van der Waals surface area contributed by atoms with Gasteiger partial charge >= 0.3 is 5.97 Å². The topological polar surface area (TPSA) is 110 Å². The molecular formula is C22H35NO6S. The molecule has 0 bridgehead atoms. The molecule has 0 aliphatic heterocycles. The maximum absolute atomic E-state index is 11.9. The van der Waals surface area contributed by atoms with Gasteiger partial charge in [-0.3, -0.25) is 14.1 Å². The van der Waals surface area contributed by atoms with Crippen LogP contribution in [0.15, 0.2) is 29.2 Å². The minimum absolute atomic E-state index is 0.0739. The summed E-state index contributed by atoms with van der Waals surface area (Å²) in [6.07, 6.45) is 11.0. The van der Waals surface area contributed by atoms with E-state index >= 15 is 0 Å². The number of carbonyl (C=O) groups excluding carboxylic acids is 2. The van der Waals surface area contributed by atoms with Gasteiger partial charge in [-0.15, -0.1) is 0 Å². The summed E-state index contributed by atoms with van der Waals surface area (Å²) in [4.78, 5) is 23.2. The van der Waals surface area contributed by atoms with Gasteiger partial charge in [0.2, 0.25) is 5.91 Å². The molecule has 0 aliphatic rings. The molecule has 2 N–H and O–H groups in total. The lowest BCUT2D eigenvalue weighted by Gasteiger charge is -2.08. The van der Waals surface area contributed by atoms with E-state index in [4.69, 9.17) is 9.29 Å². The third-order valence-corrected chi connectivity index (χ3v) is 5.63. The van der Waals surface area contributed by atoms with E-state index in [1.807, 2.05) is 0 Å². The number of benzene rings is 1.